The fourth-order valence-electron chi connectivity index (χ4n) is 1.86. The molecule has 0 unspecified atom stereocenters. The van der Waals surface area contributed by atoms with Crippen LogP contribution in [0.1, 0.15) is 20.2 Å². The number of pyridine rings is 2. The van der Waals surface area contributed by atoms with E-state index in [0.717, 1.165) is 0 Å². The fraction of sp³-hybridized carbons (Fsp3) is 0.0769. The first-order chi connectivity index (χ1) is 10.8. The Balaban J connectivity index is 2.15. The van der Waals surface area contributed by atoms with Crippen molar-refractivity contribution in [3.05, 3.63) is 41.9 Å². The van der Waals surface area contributed by atoms with Crippen LogP contribution in [-0.4, -0.2) is 30.7 Å². The zero-order chi connectivity index (χ0) is 16.8. The maximum absolute atomic E-state index is 11.3. The van der Waals surface area contributed by atoms with Gasteiger partial charge in [-0.15, -0.1) is 5.10 Å². The van der Waals surface area contributed by atoms with Crippen molar-refractivity contribution >= 4 is 17.6 Å². The third-order valence-corrected chi connectivity index (χ3v) is 2.81. The van der Waals surface area contributed by atoms with Crippen molar-refractivity contribution in [1.82, 2.24) is 19.6 Å². The molecule has 7 nitrogen and oxygen atoms in total. The summed E-state index contributed by atoms with van der Waals surface area (Å²) in [4.78, 5) is 19.2. The molecule has 0 bridgehead atoms. The van der Waals surface area contributed by atoms with Crippen molar-refractivity contribution in [2.45, 2.75) is 6.85 Å². The number of fused-ring (bicyclic) bond motifs is 1. The lowest BCUT2D eigenvalue weighted by atomic mass is 10.1. The van der Waals surface area contributed by atoms with E-state index in [2.05, 4.69) is 15.1 Å². The Labute approximate surface area is 117 Å². The molecule has 0 radical (unpaired) electrons. The Hall–Kier alpha value is -2.96. The van der Waals surface area contributed by atoms with Gasteiger partial charge in [-0.1, -0.05) is 0 Å². The SMILES string of the molecule is [2H]C([2H])([2H])c1ncc(-c2ccn3nc(N)nc3c2)cc1C(=O)O. The number of aromatic nitrogens is 4. The molecule has 0 saturated heterocycles. The van der Waals surface area contributed by atoms with E-state index in [0.29, 0.717) is 16.8 Å². The predicted molar refractivity (Wildman–Crippen MR) is 72.3 cm³/mol. The van der Waals surface area contributed by atoms with Crippen LogP contribution in [-0.2, 0) is 0 Å². The number of nitrogens with two attached hydrogens (primary N) is 1. The van der Waals surface area contributed by atoms with E-state index in [1.165, 1.54) is 16.8 Å². The summed E-state index contributed by atoms with van der Waals surface area (Å²) in [6, 6.07) is 4.61. The van der Waals surface area contributed by atoms with Gasteiger partial charge in [0.2, 0.25) is 5.95 Å². The molecule has 0 aliphatic carbocycles. The first-order valence-electron chi connectivity index (χ1n) is 7.12. The van der Waals surface area contributed by atoms with Crippen LogP contribution in [0.2, 0.25) is 0 Å². The van der Waals surface area contributed by atoms with Crippen molar-refractivity contribution in [2.75, 3.05) is 5.73 Å². The summed E-state index contributed by atoms with van der Waals surface area (Å²) in [5.41, 5.74) is 6.28. The van der Waals surface area contributed by atoms with E-state index < -0.39 is 18.5 Å². The molecular formula is C13H11N5O2. The number of rotatable bonds is 2. The van der Waals surface area contributed by atoms with E-state index in [1.54, 1.807) is 18.3 Å². The summed E-state index contributed by atoms with van der Waals surface area (Å²) < 4.78 is 23.6. The largest absolute Gasteiger partial charge is 0.478 e. The standard InChI is InChI=1S/C13H11N5O2/c1-7-10(12(19)20)4-9(6-15-7)8-2-3-18-11(5-8)16-13(14)17-18/h2-6H,1H3,(H2,14,17)(H,19,20)/i1D3. The Morgan fingerprint density at radius 3 is 3.05 bits per heavy atom. The third kappa shape index (κ3) is 1.95. The maximum atomic E-state index is 11.3. The topological polar surface area (TPSA) is 106 Å². The second-order valence-electron chi connectivity index (χ2n) is 4.11. The molecule has 0 saturated carbocycles. The predicted octanol–water partition coefficient (Wildman–Crippen LogP) is 1.38. The number of nitrogens with zero attached hydrogens (tertiary/aromatic N) is 4. The van der Waals surface area contributed by atoms with Crippen LogP contribution in [0.3, 0.4) is 0 Å². The molecular weight excluding hydrogens is 258 g/mol. The van der Waals surface area contributed by atoms with E-state index in [-0.39, 0.29) is 11.5 Å². The van der Waals surface area contributed by atoms with Gasteiger partial charge in [-0.2, -0.15) is 4.98 Å². The number of carboxylic acid groups (broad SMARTS) is 1. The van der Waals surface area contributed by atoms with Crippen LogP contribution in [0.5, 0.6) is 0 Å². The van der Waals surface area contributed by atoms with Crippen LogP contribution >= 0.6 is 0 Å². The molecule has 7 heteroatoms. The first-order valence-corrected chi connectivity index (χ1v) is 5.62. The molecule has 100 valence electrons. The smallest absolute Gasteiger partial charge is 0.337 e. The fourth-order valence-corrected chi connectivity index (χ4v) is 1.86. The second kappa shape index (κ2) is 4.30. The minimum Gasteiger partial charge on any atom is -0.478 e. The zero-order valence-electron chi connectivity index (χ0n) is 13.1. The molecule has 20 heavy (non-hydrogen) atoms. The quantitative estimate of drug-likeness (QED) is 0.730. The Bertz CT molecular complexity index is 920. The summed E-state index contributed by atoms with van der Waals surface area (Å²) in [6.07, 6.45) is 2.94. The van der Waals surface area contributed by atoms with Gasteiger partial charge < -0.3 is 10.8 Å². The van der Waals surface area contributed by atoms with Crippen LogP contribution in [0.4, 0.5) is 5.95 Å². The van der Waals surface area contributed by atoms with Crippen molar-refractivity contribution in [3.63, 3.8) is 0 Å². The van der Waals surface area contributed by atoms with E-state index in [9.17, 15) is 9.90 Å². The number of aryl methyl sites for hydroxylation is 1. The van der Waals surface area contributed by atoms with Crippen molar-refractivity contribution < 1.29 is 14.0 Å². The summed E-state index contributed by atoms with van der Waals surface area (Å²) in [5, 5.41) is 13.2. The highest BCUT2D eigenvalue weighted by atomic mass is 16.4. The number of anilines is 1. The molecule has 0 aliphatic rings. The molecule has 0 aromatic carbocycles. The normalized spacial score (nSPS) is 13.7. The molecule has 3 heterocycles. The summed E-state index contributed by atoms with van der Waals surface area (Å²) in [6.45, 7) is -2.60. The monoisotopic (exact) mass is 272 g/mol. The average Bonchev–Trinajstić information content (AvgIpc) is 2.84. The number of carboxylic acids is 1. The maximum Gasteiger partial charge on any atom is 0.337 e. The van der Waals surface area contributed by atoms with Crippen LogP contribution < -0.4 is 5.73 Å². The highest BCUT2D eigenvalue weighted by Crippen LogP contribution is 2.22. The third-order valence-electron chi connectivity index (χ3n) is 2.81. The first kappa shape index (κ1) is 9.03. The summed E-state index contributed by atoms with van der Waals surface area (Å²) in [5.74, 6) is -1.23. The molecule has 0 fully saturated rings. The molecule has 0 atom stereocenters. The summed E-state index contributed by atoms with van der Waals surface area (Å²) in [7, 11) is 0. The number of hydrogen-bond acceptors (Lipinski definition) is 5. The number of nitrogen functional groups attached to an aromatic ring is 1. The Morgan fingerprint density at radius 2 is 2.30 bits per heavy atom. The number of carbonyl (C=O) groups is 1. The minimum atomic E-state index is -2.60. The van der Waals surface area contributed by atoms with Crippen LogP contribution in [0.25, 0.3) is 16.8 Å². The van der Waals surface area contributed by atoms with Crippen LogP contribution in [0.15, 0.2) is 30.6 Å². The lowest BCUT2D eigenvalue weighted by molar-refractivity contribution is 0.0695. The Morgan fingerprint density at radius 1 is 1.45 bits per heavy atom. The summed E-state index contributed by atoms with van der Waals surface area (Å²) >= 11 is 0. The minimum absolute atomic E-state index is 0.115. The highest BCUT2D eigenvalue weighted by molar-refractivity contribution is 5.90. The molecule has 3 aromatic rings. The van der Waals surface area contributed by atoms with Gasteiger partial charge in [0.15, 0.2) is 5.65 Å². The van der Waals surface area contributed by atoms with Crippen molar-refractivity contribution in [2.24, 2.45) is 0 Å². The van der Waals surface area contributed by atoms with Gasteiger partial charge in [0, 0.05) is 22.1 Å². The van der Waals surface area contributed by atoms with E-state index >= 15 is 0 Å². The van der Waals surface area contributed by atoms with Gasteiger partial charge >= 0.3 is 5.97 Å². The molecule has 0 amide bonds. The molecule has 3 aromatic heterocycles. The number of hydrogen-bond donors (Lipinski definition) is 2. The van der Waals surface area contributed by atoms with Gasteiger partial charge in [0.25, 0.3) is 0 Å². The Kier molecular flexibility index (Phi) is 1.94. The lowest BCUT2D eigenvalue weighted by Gasteiger charge is -2.05. The molecule has 3 N–H and O–H groups in total. The van der Waals surface area contributed by atoms with Crippen LogP contribution in [0, 0.1) is 6.85 Å². The van der Waals surface area contributed by atoms with Gasteiger partial charge in [-0.25, -0.2) is 9.31 Å². The van der Waals surface area contributed by atoms with Gasteiger partial charge in [0.1, 0.15) is 0 Å². The molecule has 0 aliphatic heterocycles. The average molecular weight is 272 g/mol. The zero-order valence-corrected chi connectivity index (χ0v) is 10.1. The van der Waals surface area contributed by atoms with Gasteiger partial charge in [-0.05, 0) is 30.6 Å². The second-order valence-corrected chi connectivity index (χ2v) is 4.11. The van der Waals surface area contributed by atoms with Gasteiger partial charge in [-0.3, -0.25) is 4.98 Å². The molecule has 0 spiro atoms. The van der Waals surface area contributed by atoms with Crippen molar-refractivity contribution in [3.8, 4) is 11.1 Å². The van der Waals surface area contributed by atoms with E-state index in [4.69, 9.17) is 9.85 Å². The highest BCUT2D eigenvalue weighted by Gasteiger charge is 2.11. The van der Waals surface area contributed by atoms with E-state index in [1.807, 2.05) is 0 Å². The number of aromatic carboxylic acids is 1. The van der Waals surface area contributed by atoms with Gasteiger partial charge in [0.05, 0.1) is 11.3 Å². The molecule has 3 rings (SSSR count). The van der Waals surface area contributed by atoms with Crippen molar-refractivity contribution in [1.29, 1.82) is 0 Å². The lowest BCUT2D eigenvalue weighted by Crippen LogP contribution is -2.02.